The minimum Gasteiger partial charge on any atom is -0.508 e. The average Bonchev–Trinajstić information content (AvgIpc) is 3.23. The summed E-state index contributed by atoms with van der Waals surface area (Å²) in [5.74, 6) is -2.05. The summed E-state index contributed by atoms with van der Waals surface area (Å²) in [4.78, 5) is 28.5. The lowest BCUT2D eigenvalue weighted by molar-refractivity contribution is -0.0135. The van der Waals surface area contributed by atoms with Crippen LogP contribution in [0.3, 0.4) is 0 Å². The van der Waals surface area contributed by atoms with Crippen molar-refractivity contribution in [3.8, 4) is 57.5 Å². The largest absolute Gasteiger partial charge is 0.508 e. The molecule has 62 heavy (non-hydrogen) atoms. The lowest BCUT2D eigenvalue weighted by Crippen LogP contribution is -2.46. The van der Waals surface area contributed by atoms with Crippen molar-refractivity contribution < 1.29 is 81.4 Å². The van der Waals surface area contributed by atoms with Crippen LogP contribution in [0.25, 0.3) is 0 Å². The molecule has 2 heterocycles. The molecule has 2 aliphatic heterocycles. The zero-order valence-electron chi connectivity index (χ0n) is 36.0. The Kier molecular flexibility index (Phi) is 14.0. The Labute approximate surface area is 359 Å². The highest BCUT2D eigenvalue weighted by molar-refractivity contribution is 6.74. The van der Waals surface area contributed by atoms with Gasteiger partial charge >= 0.3 is 5.97 Å². The van der Waals surface area contributed by atoms with Crippen LogP contribution in [-0.4, -0.2) is 103 Å². The standard InChI is InChI=1S/C44H52O17Si/c1-44(2,3)62(8,9)57-20-36-39(24-10-12-28(46)31(14-24)53-7)59-32-15-25(11-13-30(32)58-36)40-42(38(48)37-29(47)18-27(45)19-33(37)60-40)61-43(49)26-16-34(54-21-50-4)41(56-23-52-6)35(17-26)55-22-51-5/h10-19,36,39-40,42,45-47H,20-23H2,1-9H3/t36?,39?,40-,42+/m1/s1. The molecule has 0 saturated carbocycles. The number of hydrogen-bond acceptors (Lipinski definition) is 17. The minimum absolute atomic E-state index is 0.0198. The van der Waals surface area contributed by atoms with Gasteiger partial charge in [-0.2, -0.15) is 0 Å². The van der Waals surface area contributed by atoms with Crippen LogP contribution in [0.15, 0.2) is 60.7 Å². The molecule has 334 valence electrons. The van der Waals surface area contributed by atoms with Gasteiger partial charge < -0.3 is 71.9 Å². The Morgan fingerprint density at radius 1 is 0.694 bits per heavy atom. The third kappa shape index (κ3) is 9.74. The molecule has 4 aromatic rings. The summed E-state index contributed by atoms with van der Waals surface area (Å²) in [7, 11) is 3.43. The van der Waals surface area contributed by atoms with Gasteiger partial charge in [0.2, 0.25) is 17.6 Å². The number of aromatic hydroxyl groups is 3. The summed E-state index contributed by atoms with van der Waals surface area (Å²) in [5, 5.41) is 31.5. The molecule has 3 N–H and O–H groups in total. The van der Waals surface area contributed by atoms with Gasteiger partial charge in [0.05, 0.1) is 19.3 Å². The second-order valence-corrected chi connectivity index (χ2v) is 20.7. The van der Waals surface area contributed by atoms with E-state index in [1.54, 1.807) is 30.3 Å². The maximum absolute atomic E-state index is 14.4. The molecular weight excluding hydrogens is 829 g/mol. The van der Waals surface area contributed by atoms with Crippen molar-refractivity contribution in [1.29, 1.82) is 0 Å². The first kappa shape index (κ1) is 45.6. The van der Waals surface area contributed by atoms with E-state index in [0.29, 0.717) is 16.9 Å². The molecule has 2 unspecified atom stereocenters. The number of Topliss-reactive ketones (excluding diaryl/α,β-unsaturated/α-hetero) is 1. The van der Waals surface area contributed by atoms with Crippen LogP contribution in [0.2, 0.25) is 18.1 Å². The number of hydrogen-bond donors (Lipinski definition) is 3. The van der Waals surface area contributed by atoms with E-state index in [-0.39, 0.29) is 89.1 Å². The van der Waals surface area contributed by atoms with Gasteiger partial charge in [-0.05, 0) is 54.5 Å². The number of carbonyl (C=O) groups excluding carboxylic acids is 2. The number of ether oxygens (including phenoxy) is 11. The third-order valence-corrected chi connectivity index (χ3v) is 15.2. The van der Waals surface area contributed by atoms with E-state index < -0.39 is 50.2 Å². The Morgan fingerprint density at radius 2 is 1.31 bits per heavy atom. The van der Waals surface area contributed by atoms with E-state index in [0.717, 1.165) is 6.07 Å². The molecular formula is C44H52O17Si. The Morgan fingerprint density at radius 3 is 1.94 bits per heavy atom. The maximum Gasteiger partial charge on any atom is 0.339 e. The fourth-order valence-electron chi connectivity index (χ4n) is 6.47. The predicted octanol–water partition coefficient (Wildman–Crippen LogP) is 7.21. The van der Waals surface area contributed by atoms with Gasteiger partial charge in [0.15, 0.2) is 81.5 Å². The molecule has 0 spiro atoms. The first-order chi connectivity index (χ1) is 29.5. The number of benzene rings is 4. The van der Waals surface area contributed by atoms with Crippen molar-refractivity contribution in [3.63, 3.8) is 0 Å². The molecule has 2 aliphatic rings. The molecule has 0 saturated heterocycles. The van der Waals surface area contributed by atoms with Crippen LogP contribution in [0.4, 0.5) is 0 Å². The van der Waals surface area contributed by atoms with Crippen molar-refractivity contribution in [3.05, 3.63) is 82.9 Å². The van der Waals surface area contributed by atoms with E-state index in [4.69, 9.17) is 56.5 Å². The number of esters is 1. The van der Waals surface area contributed by atoms with Crippen molar-refractivity contribution in [2.75, 3.05) is 55.4 Å². The van der Waals surface area contributed by atoms with Crippen LogP contribution < -0.4 is 33.2 Å². The molecule has 4 atom stereocenters. The van der Waals surface area contributed by atoms with Crippen LogP contribution in [-0.2, 0) is 23.4 Å². The lowest BCUT2D eigenvalue weighted by Gasteiger charge is -2.40. The number of ketones is 1. The van der Waals surface area contributed by atoms with Gasteiger partial charge in [0.1, 0.15) is 22.8 Å². The highest BCUT2D eigenvalue weighted by Gasteiger charge is 2.45. The third-order valence-electron chi connectivity index (χ3n) is 10.7. The molecule has 0 aliphatic carbocycles. The van der Waals surface area contributed by atoms with E-state index in [1.807, 2.05) is 0 Å². The molecule has 18 heteroatoms. The van der Waals surface area contributed by atoms with E-state index in [9.17, 15) is 24.9 Å². The van der Waals surface area contributed by atoms with E-state index >= 15 is 0 Å². The van der Waals surface area contributed by atoms with Crippen molar-refractivity contribution in [1.82, 2.24) is 0 Å². The summed E-state index contributed by atoms with van der Waals surface area (Å²) in [6.45, 7) is 10.2. The summed E-state index contributed by atoms with van der Waals surface area (Å²) >= 11 is 0. The quantitative estimate of drug-likeness (QED) is 0.0544. The van der Waals surface area contributed by atoms with Crippen LogP contribution in [0.5, 0.6) is 57.5 Å². The highest BCUT2D eigenvalue weighted by Crippen LogP contribution is 2.48. The molecule has 0 fully saturated rings. The second kappa shape index (κ2) is 19.0. The molecule has 4 aromatic carbocycles. The molecule has 0 amide bonds. The minimum atomic E-state index is -2.25. The van der Waals surface area contributed by atoms with Crippen molar-refractivity contribution in [2.45, 2.75) is 63.3 Å². The number of phenolic OH excluding ortho intramolecular Hbond substituents is 3. The molecule has 0 radical (unpaired) electrons. The van der Waals surface area contributed by atoms with Crippen LogP contribution >= 0.6 is 0 Å². The molecule has 0 aromatic heterocycles. The van der Waals surface area contributed by atoms with Crippen molar-refractivity contribution in [2.24, 2.45) is 0 Å². The molecule has 0 bridgehead atoms. The number of fused-ring (bicyclic) bond motifs is 2. The second-order valence-electron chi connectivity index (χ2n) is 15.9. The van der Waals surface area contributed by atoms with Gasteiger partial charge in [-0.15, -0.1) is 0 Å². The van der Waals surface area contributed by atoms with Crippen molar-refractivity contribution >= 4 is 20.1 Å². The van der Waals surface area contributed by atoms with Crippen LogP contribution in [0, 0.1) is 0 Å². The fourth-order valence-corrected chi connectivity index (χ4v) is 7.49. The van der Waals surface area contributed by atoms with Gasteiger partial charge in [0, 0.05) is 44.6 Å². The number of carbonyl (C=O) groups is 2. The van der Waals surface area contributed by atoms with Gasteiger partial charge in [-0.3, -0.25) is 4.79 Å². The lowest BCUT2D eigenvalue weighted by atomic mass is 9.92. The van der Waals surface area contributed by atoms with Gasteiger partial charge in [-0.25, -0.2) is 4.79 Å². The molecule has 6 rings (SSSR count). The molecule has 17 nitrogen and oxygen atoms in total. The topological polar surface area (TPSA) is 206 Å². The fraction of sp³-hybridized carbons (Fsp3) is 0.409. The first-order valence-electron chi connectivity index (χ1n) is 19.5. The predicted molar refractivity (Wildman–Crippen MR) is 223 cm³/mol. The van der Waals surface area contributed by atoms with Gasteiger partial charge in [-0.1, -0.05) is 32.9 Å². The SMILES string of the molecule is COCOc1cc(C(=O)O[C@H]2C(=O)c3c(O)cc(O)cc3O[C@@H]2c2ccc3c(c2)OC(c2ccc(O)c(OC)c2)C(CO[Si](C)(C)C(C)(C)C)O3)cc(OCOC)c1OCOC. The number of phenols is 3. The Bertz CT molecular complexity index is 2220. The summed E-state index contributed by atoms with van der Waals surface area (Å²) in [5.41, 5.74) is 0.495. The first-order valence-corrected chi connectivity index (χ1v) is 22.4. The summed E-state index contributed by atoms with van der Waals surface area (Å²) in [6.07, 6.45) is -4.46. The zero-order valence-corrected chi connectivity index (χ0v) is 37.0. The zero-order chi connectivity index (χ0) is 44.9. The number of methoxy groups -OCH3 is 4. The Balaban J connectivity index is 1.39. The van der Waals surface area contributed by atoms with E-state index in [2.05, 4.69) is 33.9 Å². The average molecular weight is 881 g/mol. The van der Waals surface area contributed by atoms with Gasteiger partial charge in [0.25, 0.3) is 0 Å². The Hall–Kier alpha value is -5.92. The van der Waals surface area contributed by atoms with E-state index in [1.165, 1.54) is 52.7 Å². The maximum atomic E-state index is 14.4. The van der Waals surface area contributed by atoms with Crippen LogP contribution in [0.1, 0.15) is 64.8 Å². The monoisotopic (exact) mass is 880 g/mol. The number of rotatable bonds is 17. The normalized spacial score (nSPS) is 18.3. The highest BCUT2D eigenvalue weighted by atomic mass is 28.4. The summed E-state index contributed by atoms with van der Waals surface area (Å²) < 4.78 is 69.8. The smallest absolute Gasteiger partial charge is 0.339 e. The summed E-state index contributed by atoms with van der Waals surface area (Å²) in [6, 6.07) is 14.5.